The van der Waals surface area contributed by atoms with Gasteiger partial charge >= 0.3 is 5.97 Å². The number of rotatable bonds is 7. The van der Waals surface area contributed by atoms with Crippen LogP contribution >= 0.6 is 11.3 Å². The van der Waals surface area contributed by atoms with Crippen molar-refractivity contribution in [2.75, 3.05) is 5.32 Å². The Bertz CT molecular complexity index is 741. The Labute approximate surface area is 149 Å². The van der Waals surface area contributed by atoms with E-state index >= 15 is 0 Å². The molecule has 2 aromatic rings. The van der Waals surface area contributed by atoms with Gasteiger partial charge in [-0.3, -0.25) is 14.4 Å². The van der Waals surface area contributed by atoms with E-state index in [0.717, 1.165) is 4.88 Å². The SMILES string of the molecule is CC(=O)NC(CC(=O)Nc1ccc(C(C)C(=O)O)cc1)c1cccs1. The molecule has 0 fully saturated rings. The van der Waals surface area contributed by atoms with E-state index in [9.17, 15) is 14.4 Å². The van der Waals surface area contributed by atoms with Crippen molar-refractivity contribution in [3.63, 3.8) is 0 Å². The number of hydrogen-bond acceptors (Lipinski definition) is 4. The molecule has 25 heavy (non-hydrogen) atoms. The average molecular weight is 360 g/mol. The van der Waals surface area contributed by atoms with Gasteiger partial charge < -0.3 is 15.7 Å². The first-order valence-electron chi connectivity index (χ1n) is 7.80. The number of carboxylic acid groups (broad SMARTS) is 1. The molecule has 7 heteroatoms. The van der Waals surface area contributed by atoms with E-state index in [2.05, 4.69) is 10.6 Å². The summed E-state index contributed by atoms with van der Waals surface area (Å²) in [5.74, 6) is -1.93. The van der Waals surface area contributed by atoms with E-state index in [1.807, 2.05) is 17.5 Å². The molecule has 0 aliphatic carbocycles. The molecule has 0 spiro atoms. The molecule has 0 saturated heterocycles. The Balaban J connectivity index is 2.00. The van der Waals surface area contributed by atoms with Gasteiger partial charge in [0.2, 0.25) is 11.8 Å². The molecule has 3 N–H and O–H groups in total. The van der Waals surface area contributed by atoms with Crippen molar-refractivity contribution in [3.05, 3.63) is 52.2 Å². The van der Waals surface area contributed by atoms with Gasteiger partial charge in [0.05, 0.1) is 18.4 Å². The summed E-state index contributed by atoms with van der Waals surface area (Å²) < 4.78 is 0. The summed E-state index contributed by atoms with van der Waals surface area (Å²) in [6.45, 7) is 3.02. The van der Waals surface area contributed by atoms with Crippen molar-refractivity contribution in [3.8, 4) is 0 Å². The highest BCUT2D eigenvalue weighted by molar-refractivity contribution is 7.10. The second-order valence-electron chi connectivity index (χ2n) is 5.70. The van der Waals surface area contributed by atoms with Crippen molar-refractivity contribution in [2.24, 2.45) is 0 Å². The minimum absolute atomic E-state index is 0.118. The number of aliphatic carboxylic acids is 1. The van der Waals surface area contributed by atoms with Crippen LogP contribution in [-0.4, -0.2) is 22.9 Å². The van der Waals surface area contributed by atoms with E-state index < -0.39 is 11.9 Å². The molecule has 1 aromatic carbocycles. The number of hydrogen-bond donors (Lipinski definition) is 3. The number of nitrogens with one attached hydrogen (secondary N) is 2. The van der Waals surface area contributed by atoms with Crippen LogP contribution in [0.3, 0.4) is 0 Å². The Hall–Kier alpha value is -2.67. The lowest BCUT2D eigenvalue weighted by Crippen LogP contribution is -2.29. The normalized spacial score (nSPS) is 12.9. The van der Waals surface area contributed by atoms with E-state index in [4.69, 9.17) is 5.11 Å². The standard InChI is InChI=1S/C18H20N2O4S/c1-11(18(23)24)13-5-7-14(8-6-13)20-17(22)10-15(19-12(2)21)16-4-3-9-25-16/h3-9,11,15H,10H2,1-2H3,(H,19,21)(H,20,22)(H,23,24). The third-order valence-electron chi connectivity index (χ3n) is 3.72. The minimum Gasteiger partial charge on any atom is -0.481 e. The Morgan fingerprint density at radius 3 is 2.36 bits per heavy atom. The summed E-state index contributed by atoms with van der Waals surface area (Å²) in [5, 5.41) is 16.5. The lowest BCUT2D eigenvalue weighted by Gasteiger charge is -2.16. The smallest absolute Gasteiger partial charge is 0.310 e. The molecule has 1 aromatic heterocycles. The number of amides is 2. The lowest BCUT2D eigenvalue weighted by atomic mass is 10.0. The number of anilines is 1. The van der Waals surface area contributed by atoms with Crippen LogP contribution in [0.25, 0.3) is 0 Å². The topological polar surface area (TPSA) is 95.5 Å². The maximum atomic E-state index is 12.3. The zero-order valence-corrected chi connectivity index (χ0v) is 14.8. The maximum absolute atomic E-state index is 12.3. The van der Waals surface area contributed by atoms with Crippen molar-refractivity contribution in [2.45, 2.75) is 32.2 Å². The van der Waals surface area contributed by atoms with Gasteiger partial charge in [-0.2, -0.15) is 0 Å². The first kappa shape index (κ1) is 18.7. The summed E-state index contributed by atoms with van der Waals surface area (Å²) in [4.78, 5) is 35.5. The van der Waals surface area contributed by atoms with Gasteiger partial charge in [0.1, 0.15) is 0 Å². The third-order valence-corrected chi connectivity index (χ3v) is 4.70. The molecule has 132 valence electrons. The molecule has 0 bridgehead atoms. The Morgan fingerprint density at radius 2 is 1.84 bits per heavy atom. The van der Waals surface area contributed by atoms with E-state index in [1.165, 1.54) is 18.3 Å². The van der Waals surface area contributed by atoms with Gasteiger partial charge in [-0.05, 0) is 36.1 Å². The van der Waals surface area contributed by atoms with Crippen LogP contribution < -0.4 is 10.6 Å². The molecule has 2 unspecified atom stereocenters. The molecule has 0 aliphatic heterocycles. The molecule has 2 amide bonds. The number of benzene rings is 1. The van der Waals surface area contributed by atoms with Gasteiger partial charge in [-0.25, -0.2) is 0 Å². The van der Waals surface area contributed by atoms with Gasteiger partial charge in [0.25, 0.3) is 0 Å². The fourth-order valence-corrected chi connectivity index (χ4v) is 3.13. The Morgan fingerprint density at radius 1 is 1.16 bits per heavy atom. The molecule has 1 heterocycles. The van der Waals surface area contributed by atoms with Crippen LogP contribution in [0.4, 0.5) is 5.69 Å². The zero-order valence-electron chi connectivity index (χ0n) is 14.0. The maximum Gasteiger partial charge on any atom is 0.310 e. The number of thiophene rings is 1. The van der Waals surface area contributed by atoms with Gasteiger partial charge in [0.15, 0.2) is 0 Å². The van der Waals surface area contributed by atoms with Crippen LogP contribution in [0, 0.1) is 0 Å². The minimum atomic E-state index is -0.897. The number of carbonyl (C=O) groups is 3. The fourth-order valence-electron chi connectivity index (χ4n) is 2.35. The van der Waals surface area contributed by atoms with Gasteiger partial charge in [0, 0.05) is 17.5 Å². The van der Waals surface area contributed by atoms with Crippen LogP contribution in [0.5, 0.6) is 0 Å². The third kappa shape index (κ3) is 5.42. The largest absolute Gasteiger partial charge is 0.481 e. The highest BCUT2D eigenvalue weighted by Gasteiger charge is 2.18. The first-order chi connectivity index (χ1) is 11.9. The number of carboxylic acids is 1. The lowest BCUT2D eigenvalue weighted by molar-refractivity contribution is -0.138. The van der Waals surface area contributed by atoms with E-state index in [1.54, 1.807) is 31.2 Å². The van der Waals surface area contributed by atoms with Gasteiger partial charge in [-0.15, -0.1) is 11.3 Å². The molecule has 2 rings (SSSR count). The highest BCUT2D eigenvalue weighted by Crippen LogP contribution is 2.23. The van der Waals surface area contributed by atoms with Crippen molar-refractivity contribution >= 4 is 34.8 Å². The van der Waals surface area contributed by atoms with Crippen molar-refractivity contribution in [1.29, 1.82) is 0 Å². The number of carbonyl (C=O) groups excluding carboxylic acids is 2. The Kier molecular flexibility index (Phi) is 6.30. The summed E-state index contributed by atoms with van der Waals surface area (Å²) in [6.07, 6.45) is 0.118. The van der Waals surface area contributed by atoms with Gasteiger partial charge in [-0.1, -0.05) is 18.2 Å². The average Bonchev–Trinajstić information content (AvgIpc) is 3.08. The molecule has 2 atom stereocenters. The fraction of sp³-hybridized carbons (Fsp3) is 0.278. The second-order valence-corrected chi connectivity index (χ2v) is 6.68. The molecule has 0 saturated carbocycles. The monoisotopic (exact) mass is 360 g/mol. The van der Waals surface area contributed by atoms with Crippen LogP contribution in [-0.2, 0) is 14.4 Å². The highest BCUT2D eigenvalue weighted by atomic mass is 32.1. The molecular formula is C18H20N2O4S. The second kappa shape index (κ2) is 8.43. The van der Waals surface area contributed by atoms with Crippen molar-refractivity contribution < 1.29 is 19.5 Å². The summed E-state index contributed by atoms with van der Waals surface area (Å²) >= 11 is 1.48. The molecule has 0 aliphatic rings. The summed E-state index contributed by atoms with van der Waals surface area (Å²) in [7, 11) is 0. The van der Waals surface area contributed by atoms with Crippen LogP contribution in [0.2, 0.25) is 0 Å². The van der Waals surface area contributed by atoms with E-state index in [0.29, 0.717) is 11.3 Å². The molecule has 0 radical (unpaired) electrons. The summed E-state index contributed by atoms with van der Waals surface area (Å²) in [6, 6.07) is 10.1. The molecule has 6 nitrogen and oxygen atoms in total. The predicted octanol–water partition coefficient (Wildman–Crippen LogP) is 3.14. The van der Waals surface area contributed by atoms with Crippen LogP contribution in [0.15, 0.2) is 41.8 Å². The van der Waals surface area contributed by atoms with E-state index in [-0.39, 0.29) is 24.3 Å². The molecular weight excluding hydrogens is 340 g/mol. The van der Waals surface area contributed by atoms with Crippen molar-refractivity contribution in [1.82, 2.24) is 5.32 Å². The summed E-state index contributed by atoms with van der Waals surface area (Å²) in [5.41, 5.74) is 1.25. The quantitative estimate of drug-likeness (QED) is 0.707. The van der Waals surface area contributed by atoms with Crippen LogP contribution in [0.1, 0.15) is 42.7 Å². The predicted molar refractivity (Wildman–Crippen MR) is 96.6 cm³/mol. The first-order valence-corrected chi connectivity index (χ1v) is 8.68. The zero-order chi connectivity index (χ0) is 18.4.